The van der Waals surface area contributed by atoms with Crippen molar-refractivity contribution in [2.75, 3.05) is 33.2 Å². The van der Waals surface area contributed by atoms with Crippen LogP contribution in [0.1, 0.15) is 19.8 Å². The minimum absolute atomic E-state index is 0. The Morgan fingerprint density at radius 1 is 1.39 bits per heavy atom. The molecule has 104 valence electrons. The summed E-state index contributed by atoms with van der Waals surface area (Å²) in [5, 5.41) is 3.32. The Balaban J connectivity index is 0.00000162. The molecular formula is C12H22ClN3O2. The fourth-order valence-electron chi connectivity index (χ4n) is 2.54. The fourth-order valence-corrected chi connectivity index (χ4v) is 2.54. The number of halogens is 1. The maximum Gasteiger partial charge on any atom is 0.226 e. The van der Waals surface area contributed by atoms with Gasteiger partial charge in [0.1, 0.15) is 0 Å². The van der Waals surface area contributed by atoms with E-state index in [9.17, 15) is 9.59 Å². The van der Waals surface area contributed by atoms with E-state index in [1.165, 1.54) is 0 Å². The number of amides is 2. The third-order valence-corrected chi connectivity index (χ3v) is 3.69. The number of carbonyl (C=O) groups excluding carboxylic acids is 2. The van der Waals surface area contributed by atoms with E-state index in [4.69, 9.17) is 0 Å². The van der Waals surface area contributed by atoms with Gasteiger partial charge >= 0.3 is 0 Å². The molecule has 2 unspecified atom stereocenters. The van der Waals surface area contributed by atoms with Crippen molar-refractivity contribution in [2.24, 2.45) is 5.92 Å². The first-order valence-corrected chi connectivity index (χ1v) is 6.34. The van der Waals surface area contributed by atoms with Crippen LogP contribution in [-0.2, 0) is 9.59 Å². The SMILES string of the molecule is CC1CN(C(=O)C2CCN(C)C(=O)C2)CCN1.Cl. The minimum Gasteiger partial charge on any atom is -0.346 e. The Morgan fingerprint density at radius 2 is 2.11 bits per heavy atom. The van der Waals surface area contributed by atoms with E-state index in [1.54, 1.807) is 11.9 Å². The first kappa shape index (κ1) is 15.2. The third-order valence-electron chi connectivity index (χ3n) is 3.69. The van der Waals surface area contributed by atoms with Gasteiger partial charge in [0.15, 0.2) is 0 Å². The van der Waals surface area contributed by atoms with Gasteiger partial charge < -0.3 is 15.1 Å². The third kappa shape index (κ3) is 3.36. The van der Waals surface area contributed by atoms with Crippen LogP contribution in [0.3, 0.4) is 0 Å². The van der Waals surface area contributed by atoms with Gasteiger partial charge in [0.25, 0.3) is 0 Å². The van der Waals surface area contributed by atoms with Crippen molar-refractivity contribution < 1.29 is 9.59 Å². The van der Waals surface area contributed by atoms with Crippen LogP contribution in [0.4, 0.5) is 0 Å². The first-order valence-electron chi connectivity index (χ1n) is 6.34. The summed E-state index contributed by atoms with van der Waals surface area (Å²) in [6, 6.07) is 0.356. The number of nitrogens with zero attached hydrogens (tertiary/aromatic N) is 2. The van der Waals surface area contributed by atoms with Gasteiger partial charge in [-0.15, -0.1) is 12.4 Å². The van der Waals surface area contributed by atoms with Crippen molar-refractivity contribution in [2.45, 2.75) is 25.8 Å². The molecule has 2 amide bonds. The van der Waals surface area contributed by atoms with Crippen molar-refractivity contribution in [1.29, 1.82) is 0 Å². The van der Waals surface area contributed by atoms with Crippen molar-refractivity contribution >= 4 is 24.2 Å². The molecule has 0 radical (unpaired) electrons. The summed E-state index contributed by atoms with van der Waals surface area (Å²) < 4.78 is 0. The van der Waals surface area contributed by atoms with E-state index >= 15 is 0 Å². The quantitative estimate of drug-likeness (QED) is 0.738. The van der Waals surface area contributed by atoms with E-state index in [-0.39, 0.29) is 30.1 Å². The number of carbonyl (C=O) groups is 2. The van der Waals surface area contributed by atoms with E-state index < -0.39 is 0 Å². The van der Waals surface area contributed by atoms with Crippen molar-refractivity contribution in [3.63, 3.8) is 0 Å². The highest BCUT2D eigenvalue weighted by Crippen LogP contribution is 2.20. The van der Waals surface area contributed by atoms with Crippen molar-refractivity contribution in [3.8, 4) is 0 Å². The number of rotatable bonds is 1. The molecule has 2 aliphatic rings. The summed E-state index contributed by atoms with van der Waals surface area (Å²) in [4.78, 5) is 27.5. The average molecular weight is 276 g/mol. The molecule has 5 nitrogen and oxygen atoms in total. The van der Waals surface area contributed by atoms with E-state index in [2.05, 4.69) is 12.2 Å². The van der Waals surface area contributed by atoms with Crippen LogP contribution >= 0.6 is 12.4 Å². The van der Waals surface area contributed by atoms with Crippen LogP contribution in [0, 0.1) is 5.92 Å². The largest absolute Gasteiger partial charge is 0.346 e. The zero-order valence-corrected chi connectivity index (χ0v) is 11.8. The number of hydrogen-bond acceptors (Lipinski definition) is 3. The van der Waals surface area contributed by atoms with Gasteiger partial charge in [-0.3, -0.25) is 9.59 Å². The molecule has 0 spiro atoms. The highest BCUT2D eigenvalue weighted by molar-refractivity contribution is 5.87. The molecule has 1 N–H and O–H groups in total. The van der Waals surface area contributed by atoms with Crippen LogP contribution in [0.5, 0.6) is 0 Å². The van der Waals surface area contributed by atoms with Crippen molar-refractivity contribution in [1.82, 2.24) is 15.1 Å². The molecule has 6 heteroatoms. The van der Waals surface area contributed by atoms with E-state index in [1.807, 2.05) is 4.90 Å². The van der Waals surface area contributed by atoms with Gasteiger partial charge in [0.05, 0.1) is 0 Å². The Hall–Kier alpha value is -0.810. The van der Waals surface area contributed by atoms with Gasteiger partial charge in [-0.2, -0.15) is 0 Å². The van der Waals surface area contributed by atoms with Crippen LogP contribution in [0.15, 0.2) is 0 Å². The smallest absolute Gasteiger partial charge is 0.226 e. The molecular weight excluding hydrogens is 254 g/mol. The molecule has 2 heterocycles. The summed E-state index contributed by atoms with van der Waals surface area (Å²) in [5.74, 6) is 0.168. The fraction of sp³-hybridized carbons (Fsp3) is 0.833. The molecule has 0 aliphatic carbocycles. The van der Waals surface area contributed by atoms with Gasteiger partial charge in [0.2, 0.25) is 11.8 Å². The Morgan fingerprint density at radius 3 is 2.72 bits per heavy atom. The summed E-state index contributed by atoms with van der Waals surface area (Å²) in [7, 11) is 1.80. The molecule has 0 aromatic heterocycles. The molecule has 0 aromatic carbocycles. The Labute approximate surface area is 114 Å². The van der Waals surface area contributed by atoms with Crippen molar-refractivity contribution in [3.05, 3.63) is 0 Å². The molecule has 0 saturated carbocycles. The maximum atomic E-state index is 12.3. The summed E-state index contributed by atoms with van der Waals surface area (Å²) in [5.41, 5.74) is 0. The van der Waals surface area contributed by atoms with Gasteiger partial charge in [-0.25, -0.2) is 0 Å². The second-order valence-electron chi connectivity index (χ2n) is 5.14. The number of piperidine rings is 1. The zero-order chi connectivity index (χ0) is 12.4. The van der Waals surface area contributed by atoms with Gasteiger partial charge in [0, 0.05) is 51.6 Å². The highest BCUT2D eigenvalue weighted by Gasteiger charge is 2.32. The summed E-state index contributed by atoms with van der Waals surface area (Å²) >= 11 is 0. The summed E-state index contributed by atoms with van der Waals surface area (Å²) in [6.45, 7) is 5.17. The minimum atomic E-state index is -0.0935. The molecule has 2 saturated heterocycles. The number of hydrogen-bond donors (Lipinski definition) is 1. The lowest BCUT2D eigenvalue weighted by molar-refractivity contribution is -0.145. The van der Waals surface area contributed by atoms with Gasteiger partial charge in [-0.1, -0.05) is 0 Å². The van der Waals surface area contributed by atoms with Crippen LogP contribution in [-0.4, -0.2) is 60.9 Å². The Bertz CT molecular complexity index is 324. The normalized spacial score (nSPS) is 28.9. The molecule has 2 fully saturated rings. The first-order chi connectivity index (χ1) is 8.08. The molecule has 2 aliphatic heterocycles. The summed E-state index contributed by atoms with van der Waals surface area (Å²) in [6.07, 6.45) is 1.19. The van der Waals surface area contributed by atoms with Crippen LogP contribution in [0.2, 0.25) is 0 Å². The standard InChI is InChI=1S/C12H21N3O2.ClH/c1-9-8-15(6-4-13-9)12(17)10-3-5-14(2)11(16)7-10;/h9-10,13H,3-8H2,1-2H3;1H. The number of likely N-dealkylation sites (tertiary alicyclic amines) is 1. The predicted molar refractivity (Wildman–Crippen MR) is 71.7 cm³/mol. The second-order valence-corrected chi connectivity index (χ2v) is 5.14. The molecule has 2 atom stereocenters. The lowest BCUT2D eigenvalue weighted by atomic mass is 9.94. The average Bonchev–Trinajstić information content (AvgIpc) is 2.32. The lowest BCUT2D eigenvalue weighted by Crippen LogP contribution is -2.54. The maximum absolute atomic E-state index is 12.3. The van der Waals surface area contributed by atoms with E-state index in [0.717, 1.165) is 26.1 Å². The Kier molecular flexibility index (Phi) is 5.41. The molecule has 18 heavy (non-hydrogen) atoms. The number of nitrogens with one attached hydrogen (secondary N) is 1. The molecule has 0 aromatic rings. The molecule has 0 bridgehead atoms. The second kappa shape index (κ2) is 6.38. The number of piperazine rings is 1. The highest BCUT2D eigenvalue weighted by atomic mass is 35.5. The van der Waals surface area contributed by atoms with Crippen LogP contribution < -0.4 is 5.32 Å². The topological polar surface area (TPSA) is 52.7 Å². The zero-order valence-electron chi connectivity index (χ0n) is 11.0. The van der Waals surface area contributed by atoms with Crippen LogP contribution in [0.25, 0.3) is 0 Å². The molecule has 2 rings (SSSR count). The lowest BCUT2D eigenvalue weighted by Gasteiger charge is -2.36. The van der Waals surface area contributed by atoms with E-state index in [0.29, 0.717) is 19.0 Å². The monoisotopic (exact) mass is 275 g/mol. The predicted octanol–water partition coefficient (Wildman–Crippen LogP) is 0.0969. The van der Waals surface area contributed by atoms with Gasteiger partial charge in [-0.05, 0) is 13.3 Å².